The summed E-state index contributed by atoms with van der Waals surface area (Å²) in [5.41, 5.74) is 2.73. The summed E-state index contributed by atoms with van der Waals surface area (Å²) in [7, 11) is 1.39. The Morgan fingerprint density at radius 2 is 2.19 bits per heavy atom. The number of rotatable bonds is 4. The van der Waals surface area contributed by atoms with E-state index >= 15 is 0 Å². The van der Waals surface area contributed by atoms with Crippen molar-refractivity contribution in [1.29, 1.82) is 0 Å². The number of ether oxygens (including phenoxy) is 1. The van der Waals surface area contributed by atoms with Gasteiger partial charge in [0.05, 0.1) is 24.4 Å². The third-order valence-electron chi connectivity index (χ3n) is 4.65. The molecule has 0 atom stereocenters. The van der Waals surface area contributed by atoms with Gasteiger partial charge < -0.3 is 19.9 Å². The maximum absolute atomic E-state index is 13.9. The van der Waals surface area contributed by atoms with Gasteiger partial charge in [-0.15, -0.1) is 0 Å². The molecule has 0 radical (unpaired) electrons. The smallest absolute Gasteiger partial charge is 0.317 e. The average Bonchev–Trinajstić information content (AvgIpc) is 2.99. The molecule has 3 heterocycles. The van der Waals surface area contributed by atoms with Crippen molar-refractivity contribution < 1.29 is 13.9 Å². The van der Waals surface area contributed by atoms with E-state index in [2.05, 4.69) is 15.3 Å². The van der Waals surface area contributed by atoms with E-state index in [1.54, 1.807) is 17.0 Å². The highest BCUT2D eigenvalue weighted by atomic mass is 35.5. The van der Waals surface area contributed by atoms with Crippen LogP contribution in [-0.2, 0) is 6.54 Å². The van der Waals surface area contributed by atoms with Crippen LogP contribution in [0.15, 0.2) is 30.3 Å². The Labute approximate surface area is 160 Å². The molecule has 8 heteroatoms. The molecule has 1 aromatic carbocycles. The SMILES string of the molecule is COc1ccc(-c2cc3[nH]c(CNC(=O)N4CCC4)cc3cc2Cl)nc1F. The van der Waals surface area contributed by atoms with Crippen LogP contribution in [0, 0.1) is 5.95 Å². The van der Waals surface area contributed by atoms with Crippen molar-refractivity contribution in [3.63, 3.8) is 0 Å². The molecule has 0 aliphatic carbocycles. The number of halogens is 2. The molecule has 27 heavy (non-hydrogen) atoms. The molecule has 2 aromatic heterocycles. The van der Waals surface area contributed by atoms with E-state index in [0.717, 1.165) is 36.1 Å². The van der Waals surface area contributed by atoms with E-state index in [9.17, 15) is 9.18 Å². The molecule has 1 aliphatic rings. The fourth-order valence-electron chi connectivity index (χ4n) is 3.03. The Morgan fingerprint density at radius 1 is 1.37 bits per heavy atom. The van der Waals surface area contributed by atoms with Crippen molar-refractivity contribution in [2.75, 3.05) is 20.2 Å². The van der Waals surface area contributed by atoms with E-state index in [-0.39, 0.29) is 11.8 Å². The highest BCUT2D eigenvalue weighted by molar-refractivity contribution is 6.34. The number of hydrogen-bond donors (Lipinski definition) is 2. The van der Waals surface area contributed by atoms with Gasteiger partial charge in [-0.25, -0.2) is 9.78 Å². The standard InChI is InChI=1S/C19H18ClFN4O2/c1-27-17-4-3-15(24-18(17)21)13-9-16-11(8-14(13)20)7-12(23-16)10-22-19(26)25-5-2-6-25/h3-4,7-9,23H,2,5-6,10H2,1H3,(H,22,26). The molecule has 1 aliphatic heterocycles. The lowest BCUT2D eigenvalue weighted by Crippen LogP contribution is -2.47. The lowest BCUT2D eigenvalue weighted by molar-refractivity contribution is 0.167. The zero-order valence-corrected chi connectivity index (χ0v) is 15.4. The highest BCUT2D eigenvalue weighted by Gasteiger charge is 2.19. The number of carbonyl (C=O) groups is 1. The largest absolute Gasteiger partial charge is 0.492 e. The van der Waals surface area contributed by atoms with Crippen LogP contribution < -0.4 is 10.1 Å². The van der Waals surface area contributed by atoms with Crippen LogP contribution in [0.25, 0.3) is 22.2 Å². The van der Waals surface area contributed by atoms with E-state index in [4.69, 9.17) is 16.3 Å². The minimum atomic E-state index is -0.688. The second-order valence-electron chi connectivity index (χ2n) is 6.40. The van der Waals surface area contributed by atoms with Gasteiger partial charge in [0.25, 0.3) is 5.95 Å². The second-order valence-corrected chi connectivity index (χ2v) is 6.81. The number of carbonyl (C=O) groups excluding carboxylic acids is 1. The molecule has 3 aromatic rings. The Balaban J connectivity index is 1.59. The van der Waals surface area contributed by atoms with Gasteiger partial charge in [0, 0.05) is 35.2 Å². The van der Waals surface area contributed by atoms with Crippen LogP contribution in [0.3, 0.4) is 0 Å². The van der Waals surface area contributed by atoms with E-state index in [1.807, 2.05) is 12.1 Å². The summed E-state index contributed by atoms with van der Waals surface area (Å²) in [6, 6.07) is 8.68. The van der Waals surface area contributed by atoms with Gasteiger partial charge in [0.2, 0.25) is 0 Å². The number of hydrogen-bond acceptors (Lipinski definition) is 3. The Hall–Kier alpha value is -2.80. The summed E-state index contributed by atoms with van der Waals surface area (Å²) in [5, 5.41) is 4.27. The maximum atomic E-state index is 13.9. The predicted molar refractivity (Wildman–Crippen MR) is 101 cm³/mol. The summed E-state index contributed by atoms with van der Waals surface area (Å²) < 4.78 is 18.8. The molecule has 0 spiro atoms. The Bertz CT molecular complexity index is 1020. The number of methoxy groups -OCH3 is 1. The molecule has 6 nitrogen and oxygen atoms in total. The van der Waals surface area contributed by atoms with E-state index in [1.165, 1.54) is 13.2 Å². The second kappa shape index (κ2) is 7.08. The normalized spacial score (nSPS) is 13.5. The van der Waals surface area contributed by atoms with Gasteiger partial charge in [0.15, 0.2) is 5.75 Å². The first-order chi connectivity index (χ1) is 13.0. The number of amides is 2. The molecule has 4 rings (SSSR count). The summed E-state index contributed by atoms with van der Waals surface area (Å²) in [5.74, 6) is -0.608. The molecule has 140 valence electrons. The first-order valence-corrected chi connectivity index (χ1v) is 8.98. The van der Waals surface area contributed by atoms with Crippen molar-refractivity contribution in [1.82, 2.24) is 20.2 Å². The number of pyridine rings is 1. The summed E-state index contributed by atoms with van der Waals surface area (Å²) in [6.45, 7) is 2.01. The molecule has 0 bridgehead atoms. The molecule has 0 saturated carbocycles. The number of benzene rings is 1. The lowest BCUT2D eigenvalue weighted by atomic mass is 10.1. The first kappa shape index (κ1) is 17.6. The number of fused-ring (bicyclic) bond motifs is 1. The van der Waals surface area contributed by atoms with Crippen molar-refractivity contribution >= 4 is 28.5 Å². The van der Waals surface area contributed by atoms with Crippen LogP contribution in [0.1, 0.15) is 12.1 Å². The first-order valence-electron chi connectivity index (χ1n) is 8.60. The predicted octanol–water partition coefficient (Wildman–Crippen LogP) is 3.95. The number of nitrogens with one attached hydrogen (secondary N) is 2. The maximum Gasteiger partial charge on any atom is 0.317 e. The zero-order chi connectivity index (χ0) is 19.0. The topological polar surface area (TPSA) is 70.2 Å². The molecular formula is C19H18ClFN4O2. The van der Waals surface area contributed by atoms with Crippen LogP contribution in [-0.4, -0.2) is 41.1 Å². The third kappa shape index (κ3) is 3.42. The molecule has 1 fully saturated rings. The number of nitrogens with zero attached hydrogens (tertiary/aromatic N) is 2. The van der Waals surface area contributed by atoms with Crippen LogP contribution >= 0.6 is 11.6 Å². The van der Waals surface area contributed by atoms with E-state index < -0.39 is 5.95 Å². The minimum absolute atomic E-state index is 0.0588. The van der Waals surface area contributed by atoms with Gasteiger partial charge in [-0.1, -0.05) is 11.6 Å². The van der Waals surface area contributed by atoms with Crippen molar-refractivity contribution in [2.45, 2.75) is 13.0 Å². The van der Waals surface area contributed by atoms with Gasteiger partial charge in [-0.3, -0.25) is 0 Å². The number of H-pyrrole nitrogens is 1. The number of aromatic amines is 1. The summed E-state index contributed by atoms with van der Waals surface area (Å²) in [6.07, 6.45) is 1.06. The molecule has 2 N–H and O–H groups in total. The minimum Gasteiger partial charge on any atom is -0.492 e. The summed E-state index contributed by atoms with van der Waals surface area (Å²) in [4.78, 5) is 20.9. The molecule has 2 amide bonds. The highest BCUT2D eigenvalue weighted by Crippen LogP contribution is 2.32. The van der Waals surface area contributed by atoms with Crippen molar-refractivity contribution in [2.24, 2.45) is 0 Å². The van der Waals surface area contributed by atoms with Crippen molar-refractivity contribution in [3.05, 3.63) is 47.0 Å². The Morgan fingerprint density at radius 3 is 2.85 bits per heavy atom. The average molecular weight is 389 g/mol. The zero-order valence-electron chi connectivity index (χ0n) is 14.7. The van der Waals surface area contributed by atoms with Gasteiger partial charge in [-0.05, 0) is 36.8 Å². The number of aromatic nitrogens is 2. The Kier molecular flexibility index (Phi) is 4.61. The number of likely N-dealkylation sites (tertiary alicyclic amines) is 1. The third-order valence-corrected chi connectivity index (χ3v) is 4.96. The lowest BCUT2D eigenvalue weighted by Gasteiger charge is -2.30. The van der Waals surface area contributed by atoms with Crippen LogP contribution in [0.2, 0.25) is 5.02 Å². The van der Waals surface area contributed by atoms with Gasteiger partial charge in [-0.2, -0.15) is 4.39 Å². The molecule has 1 saturated heterocycles. The van der Waals surface area contributed by atoms with Crippen LogP contribution in [0.4, 0.5) is 9.18 Å². The fraction of sp³-hybridized carbons (Fsp3) is 0.263. The van der Waals surface area contributed by atoms with Gasteiger partial charge in [0.1, 0.15) is 0 Å². The fourth-order valence-corrected chi connectivity index (χ4v) is 3.30. The summed E-state index contributed by atoms with van der Waals surface area (Å²) >= 11 is 6.38. The van der Waals surface area contributed by atoms with Gasteiger partial charge >= 0.3 is 6.03 Å². The molecule has 0 unspecified atom stereocenters. The van der Waals surface area contributed by atoms with Crippen molar-refractivity contribution in [3.8, 4) is 17.0 Å². The molecular weight excluding hydrogens is 371 g/mol. The number of urea groups is 1. The monoisotopic (exact) mass is 388 g/mol. The quantitative estimate of drug-likeness (QED) is 0.665. The van der Waals surface area contributed by atoms with Crippen LogP contribution in [0.5, 0.6) is 5.75 Å². The van der Waals surface area contributed by atoms with E-state index in [0.29, 0.717) is 22.8 Å².